The number of hydrogen-bond acceptors (Lipinski definition) is 8. The number of halogens is 2. The molecule has 2 aromatic carbocycles. The average Bonchev–Trinajstić information content (AvgIpc) is 3.35. The Morgan fingerprint density at radius 3 is 2.28 bits per heavy atom. The number of hydrogen-bond donors (Lipinski definition) is 1. The lowest BCUT2D eigenvalue weighted by Crippen LogP contribution is -2.26. The van der Waals surface area contributed by atoms with Crippen LogP contribution in [0.4, 0.5) is 15.9 Å². The number of benzene rings is 2. The van der Waals surface area contributed by atoms with Crippen molar-refractivity contribution in [2.75, 3.05) is 42.9 Å². The summed E-state index contributed by atoms with van der Waals surface area (Å²) in [5.74, 6) is 0.184. The van der Waals surface area contributed by atoms with Gasteiger partial charge in [-0.3, -0.25) is 4.31 Å². The molecule has 15 heteroatoms. The number of aromatic nitrogens is 3. The molecule has 0 atom stereocenters. The van der Waals surface area contributed by atoms with Gasteiger partial charge >= 0.3 is 0 Å². The lowest BCUT2D eigenvalue weighted by molar-refractivity contribution is 0.0197. The Labute approximate surface area is 312 Å². The number of ether oxygens (including phenoxy) is 3. The summed E-state index contributed by atoms with van der Waals surface area (Å²) in [6.07, 6.45) is 1.79. The highest BCUT2D eigenvalue weighted by atomic mass is 127. The zero-order valence-electron chi connectivity index (χ0n) is 30.7. The number of fused-ring (bicyclic) bond motifs is 1. The van der Waals surface area contributed by atoms with Crippen molar-refractivity contribution in [3.8, 4) is 17.0 Å². The van der Waals surface area contributed by atoms with E-state index in [2.05, 4.69) is 67.2 Å². The molecule has 1 N–H and O–H groups in total. The molecular weight excluding hydrogens is 805 g/mol. The maximum atomic E-state index is 15.6. The summed E-state index contributed by atoms with van der Waals surface area (Å²) < 4.78 is 61.8. The van der Waals surface area contributed by atoms with Gasteiger partial charge in [-0.25, -0.2) is 22.5 Å². The van der Waals surface area contributed by atoms with E-state index in [1.807, 2.05) is 29.8 Å². The van der Waals surface area contributed by atoms with Crippen LogP contribution in [0.1, 0.15) is 18.1 Å². The second-order valence-corrected chi connectivity index (χ2v) is 29.2. The van der Waals surface area contributed by atoms with Crippen LogP contribution in [-0.4, -0.2) is 72.6 Å². The SMILES string of the molecule is CCc1cc(OCOCC[Si](C)(C)C)c(F)cc1-c1cc2c(c(I)nn2COCC[Si](C)(C)C)c(NCc2ccccc2N(C)S(C)(=O)=O)n1. The molecule has 0 saturated heterocycles. The van der Waals surface area contributed by atoms with E-state index in [1.165, 1.54) is 23.7 Å². The summed E-state index contributed by atoms with van der Waals surface area (Å²) in [6, 6.07) is 14.5. The van der Waals surface area contributed by atoms with Gasteiger partial charge in [-0.05, 0) is 76.5 Å². The molecule has 274 valence electrons. The quantitative estimate of drug-likeness (QED) is 0.0461. The average molecular weight is 856 g/mol. The van der Waals surface area contributed by atoms with Crippen molar-refractivity contribution in [1.29, 1.82) is 0 Å². The monoisotopic (exact) mass is 855 g/mol. The molecule has 0 aliphatic rings. The van der Waals surface area contributed by atoms with Crippen LogP contribution in [-0.2, 0) is 39.2 Å². The van der Waals surface area contributed by atoms with Crippen LogP contribution in [0, 0.1) is 9.52 Å². The van der Waals surface area contributed by atoms with Gasteiger partial charge in [-0.15, -0.1) is 0 Å². The summed E-state index contributed by atoms with van der Waals surface area (Å²) in [5.41, 5.74) is 4.19. The number of nitrogens with zero attached hydrogens (tertiary/aromatic N) is 4. The molecule has 50 heavy (non-hydrogen) atoms. The Morgan fingerprint density at radius 2 is 1.64 bits per heavy atom. The minimum atomic E-state index is -3.48. The van der Waals surface area contributed by atoms with E-state index < -0.39 is 32.0 Å². The Morgan fingerprint density at radius 1 is 0.980 bits per heavy atom. The largest absolute Gasteiger partial charge is 0.464 e. The summed E-state index contributed by atoms with van der Waals surface area (Å²) >= 11 is 2.20. The van der Waals surface area contributed by atoms with Crippen molar-refractivity contribution in [3.05, 3.63) is 63.1 Å². The van der Waals surface area contributed by atoms with E-state index in [1.54, 1.807) is 18.2 Å². The molecule has 0 aliphatic heterocycles. The molecule has 0 saturated carbocycles. The van der Waals surface area contributed by atoms with Gasteiger partial charge in [0.05, 0.1) is 28.5 Å². The number of para-hydroxylation sites is 1. The van der Waals surface area contributed by atoms with Gasteiger partial charge in [0.2, 0.25) is 10.0 Å². The Hall–Kier alpha value is -2.58. The van der Waals surface area contributed by atoms with Gasteiger partial charge in [0, 0.05) is 48.5 Å². The highest BCUT2D eigenvalue weighted by molar-refractivity contribution is 14.1. The van der Waals surface area contributed by atoms with Crippen LogP contribution in [0.3, 0.4) is 0 Å². The number of pyridine rings is 1. The van der Waals surface area contributed by atoms with Crippen LogP contribution < -0.4 is 14.4 Å². The molecule has 4 rings (SSSR count). The second kappa shape index (κ2) is 16.8. The maximum Gasteiger partial charge on any atom is 0.232 e. The number of rotatable bonds is 18. The first-order chi connectivity index (χ1) is 23.4. The fourth-order valence-corrected chi connectivity index (χ4v) is 7.99. The predicted octanol–water partition coefficient (Wildman–Crippen LogP) is 8.42. The van der Waals surface area contributed by atoms with E-state index in [0.29, 0.717) is 42.4 Å². The van der Waals surface area contributed by atoms with Crippen molar-refractivity contribution < 1.29 is 27.0 Å². The predicted molar refractivity (Wildman–Crippen MR) is 216 cm³/mol. The van der Waals surface area contributed by atoms with E-state index in [4.69, 9.17) is 24.3 Å². The minimum Gasteiger partial charge on any atom is -0.464 e. The maximum absolute atomic E-state index is 15.6. The summed E-state index contributed by atoms with van der Waals surface area (Å²) in [4.78, 5) is 5.04. The third-order valence-electron chi connectivity index (χ3n) is 8.28. The Bertz CT molecular complexity index is 1900. The third-order valence-corrected chi connectivity index (χ3v) is 13.6. The topological polar surface area (TPSA) is 108 Å². The molecule has 0 aliphatic carbocycles. The van der Waals surface area contributed by atoms with Gasteiger partial charge in [-0.1, -0.05) is 64.4 Å². The molecule has 0 fully saturated rings. The highest BCUT2D eigenvalue weighted by Gasteiger charge is 2.22. The molecule has 2 aromatic heterocycles. The lowest BCUT2D eigenvalue weighted by Gasteiger charge is -2.21. The second-order valence-electron chi connectivity index (χ2n) is 14.9. The van der Waals surface area contributed by atoms with Gasteiger partial charge < -0.3 is 19.5 Å². The van der Waals surface area contributed by atoms with Crippen LogP contribution in [0.25, 0.3) is 22.2 Å². The van der Waals surface area contributed by atoms with Crippen molar-refractivity contribution in [1.82, 2.24) is 14.8 Å². The first-order valence-corrected chi connectivity index (χ1v) is 27.2. The fourth-order valence-electron chi connectivity index (χ4n) is 5.15. The number of aryl methyl sites for hydroxylation is 1. The third kappa shape index (κ3) is 11.0. The van der Waals surface area contributed by atoms with Crippen molar-refractivity contribution in [2.45, 2.75) is 78.0 Å². The summed E-state index contributed by atoms with van der Waals surface area (Å²) in [5, 5.41) is 9.06. The van der Waals surface area contributed by atoms with Gasteiger partial charge in [0.1, 0.15) is 16.2 Å². The van der Waals surface area contributed by atoms with Crippen LogP contribution in [0.5, 0.6) is 5.75 Å². The molecule has 0 spiro atoms. The molecule has 0 bridgehead atoms. The fraction of sp³-hybridized carbons (Fsp3) is 0.486. The molecular formula is C35H51FIN5O5SSi2. The smallest absolute Gasteiger partial charge is 0.232 e. The molecule has 0 radical (unpaired) electrons. The standard InChI is InChI=1S/C35H51FIN5O5SSi2/c1-10-25-19-32(47-24-46-16-18-50(7,8)9)28(36)20-27(25)29-21-31-33(34(37)40-42(31)23-45-15-17-49(4,5)6)35(39-29)38-22-26-13-11-12-14-30(26)41(2)48(3,43)44/h11-14,19-21H,10,15-18,22-24H2,1-9H3,(H,38,39). The van der Waals surface area contributed by atoms with Crippen LogP contribution in [0.2, 0.25) is 51.4 Å². The summed E-state index contributed by atoms with van der Waals surface area (Å²) in [7, 11) is -4.48. The molecule has 2 heterocycles. The van der Waals surface area contributed by atoms with E-state index in [-0.39, 0.29) is 25.8 Å². The summed E-state index contributed by atoms with van der Waals surface area (Å²) in [6.45, 7) is 17.5. The highest BCUT2D eigenvalue weighted by Crippen LogP contribution is 2.36. The number of sulfonamides is 1. The van der Waals surface area contributed by atoms with E-state index in [0.717, 1.165) is 37.8 Å². The first kappa shape index (κ1) is 40.2. The zero-order valence-corrected chi connectivity index (χ0v) is 35.7. The molecule has 10 nitrogen and oxygen atoms in total. The van der Waals surface area contributed by atoms with Crippen LogP contribution >= 0.6 is 22.6 Å². The Kier molecular flexibility index (Phi) is 13.5. The number of nitrogens with one attached hydrogen (secondary N) is 1. The Balaban J connectivity index is 1.73. The zero-order chi connectivity index (χ0) is 36.9. The van der Waals surface area contributed by atoms with Crippen LogP contribution in [0.15, 0.2) is 42.5 Å². The van der Waals surface area contributed by atoms with Crippen molar-refractivity contribution in [3.63, 3.8) is 0 Å². The molecule has 0 amide bonds. The number of anilines is 2. The molecule has 4 aromatic rings. The molecule has 0 unspecified atom stereocenters. The minimum absolute atomic E-state index is 0.0203. The first-order valence-electron chi connectivity index (χ1n) is 16.8. The van der Waals surface area contributed by atoms with Gasteiger partial charge in [0.15, 0.2) is 18.4 Å². The van der Waals surface area contributed by atoms with Gasteiger partial charge in [-0.2, -0.15) is 5.10 Å². The van der Waals surface area contributed by atoms with Gasteiger partial charge in [0.25, 0.3) is 0 Å². The van der Waals surface area contributed by atoms with E-state index >= 15 is 4.39 Å². The van der Waals surface area contributed by atoms with Crippen molar-refractivity contribution in [2.24, 2.45) is 0 Å². The van der Waals surface area contributed by atoms with E-state index in [9.17, 15) is 8.42 Å². The van der Waals surface area contributed by atoms with Crippen molar-refractivity contribution >= 4 is 71.2 Å². The lowest BCUT2D eigenvalue weighted by atomic mass is 10.0. The normalized spacial score (nSPS) is 12.5.